The van der Waals surface area contributed by atoms with Gasteiger partial charge in [-0.3, -0.25) is 0 Å². The first-order valence-corrected chi connectivity index (χ1v) is 7.68. The maximum Gasteiger partial charge on any atom is 0.332 e. The van der Waals surface area contributed by atoms with Crippen molar-refractivity contribution in [2.75, 3.05) is 0 Å². The van der Waals surface area contributed by atoms with Gasteiger partial charge in [0.15, 0.2) is 0 Å². The second-order valence-electron chi connectivity index (χ2n) is 4.56. The van der Waals surface area contributed by atoms with Crippen molar-refractivity contribution >= 4 is 16.2 Å². The number of hydrogen-bond donors (Lipinski definition) is 0. The van der Waals surface area contributed by atoms with E-state index in [0.717, 1.165) is 22.1 Å². The van der Waals surface area contributed by atoms with Crippen molar-refractivity contribution in [3.8, 4) is 5.75 Å². The van der Waals surface area contributed by atoms with Crippen molar-refractivity contribution in [3.05, 3.63) is 70.6 Å². The fourth-order valence-corrected chi connectivity index (χ4v) is 2.49. The van der Waals surface area contributed by atoms with Crippen LogP contribution in [0.3, 0.4) is 0 Å². The molecule has 0 unspecified atom stereocenters. The summed E-state index contributed by atoms with van der Waals surface area (Å²) in [5.74, 6) is 0.364. The van der Waals surface area contributed by atoms with Gasteiger partial charge in [-0.2, -0.15) is 8.42 Å². The second kappa shape index (κ2) is 5.92. The molecule has 0 aliphatic carbocycles. The van der Waals surface area contributed by atoms with Crippen molar-refractivity contribution in [1.82, 2.24) is 0 Å². The molecular formula is C16H16O3S. The van der Waals surface area contributed by atoms with Gasteiger partial charge in [-0.15, -0.1) is 0 Å². The van der Waals surface area contributed by atoms with E-state index < -0.39 is 10.1 Å². The lowest BCUT2D eigenvalue weighted by atomic mass is 10.1. The van der Waals surface area contributed by atoms with Gasteiger partial charge in [0.1, 0.15) is 5.75 Å². The van der Waals surface area contributed by atoms with E-state index >= 15 is 0 Å². The van der Waals surface area contributed by atoms with E-state index in [1.165, 1.54) is 6.08 Å². The molecular weight excluding hydrogens is 272 g/mol. The fourth-order valence-electron chi connectivity index (χ4n) is 1.68. The van der Waals surface area contributed by atoms with E-state index in [4.69, 9.17) is 4.18 Å². The Hall–Kier alpha value is -2.07. The molecule has 0 bridgehead atoms. The van der Waals surface area contributed by atoms with Crippen molar-refractivity contribution in [3.63, 3.8) is 0 Å². The van der Waals surface area contributed by atoms with Crippen LogP contribution in [0.1, 0.15) is 16.7 Å². The predicted octanol–water partition coefficient (Wildman–Crippen LogP) is 3.68. The summed E-state index contributed by atoms with van der Waals surface area (Å²) in [4.78, 5) is 0. The van der Waals surface area contributed by atoms with E-state index in [9.17, 15) is 8.42 Å². The molecule has 0 atom stereocenters. The third-order valence-electron chi connectivity index (χ3n) is 2.78. The molecule has 2 aromatic carbocycles. The highest BCUT2D eigenvalue weighted by Crippen LogP contribution is 2.21. The third kappa shape index (κ3) is 3.96. The Morgan fingerprint density at radius 3 is 2.40 bits per heavy atom. The van der Waals surface area contributed by atoms with Crippen molar-refractivity contribution in [2.45, 2.75) is 13.8 Å². The van der Waals surface area contributed by atoms with E-state index in [2.05, 4.69) is 0 Å². The molecule has 0 heterocycles. The zero-order valence-corrected chi connectivity index (χ0v) is 12.2. The average molecular weight is 288 g/mol. The van der Waals surface area contributed by atoms with Crippen molar-refractivity contribution in [2.24, 2.45) is 0 Å². The summed E-state index contributed by atoms with van der Waals surface area (Å²) in [6.07, 6.45) is 1.51. The lowest BCUT2D eigenvalue weighted by molar-refractivity contribution is 0.495. The van der Waals surface area contributed by atoms with E-state index in [-0.39, 0.29) is 0 Å². The van der Waals surface area contributed by atoms with Crippen LogP contribution in [0, 0.1) is 13.8 Å². The SMILES string of the molecule is Cc1ccc(C)c(OS(=O)(=O)/C=C/c2ccccc2)c1. The van der Waals surface area contributed by atoms with Gasteiger partial charge in [0.05, 0.1) is 5.41 Å². The summed E-state index contributed by atoms with van der Waals surface area (Å²) >= 11 is 0. The Balaban J connectivity index is 2.19. The molecule has 20 heavy (non-hydrogen) atoms. The minimum Gasteiger partial charge on any atom is -0.379 e. The van der Waals surface area contributed by atoms with Gasteiger partial charge in [0, 0.05) is 0 Å². The molecule has 104 valence electrons. The first-order valence-electron chi connectivity index (χ1n) is 6.21. The highest BCUT2D eigenvalue weighted by Gasteiger charge is 2.10. The van der Waals surface area contributed by atoms with Crippen LogP contribution in [0.4, 0.5) is 0 Å². The monoisotopic (exact) mass is 288 g/mol. The smallest absolute Gasteiger partial charge is 0.332 e. The standard InChI is InChI=1S/C16H16O3S/c1-13-8-9-14(2)16(12-13)19-20(17,18)11-10-15-6-4-3-5-7-15/h3-12H,1-2H3/b11-10+. The van der Waals surface area contributed by atoms with Gasteiger partial charge in [0.2, 0.25) is 0 Å². The Kier molecular flexibility index (Phi) is 4.25. The van der Waals surface area contributed by atoms with Crippen LogP contribution in [0.25, 0.3) is 6.08 Å². The Labute approximate surface area is 119 Å². The summed E-state index contributed by atoms with van der Waals surface area (Å²) < 4.78 is 29.0. The van der Waals surface area contributed by atoms with Crippen LogP contribution in [0.5, 0.6) is 5.75 Å². The number of benzene rings is 2. The largest absolute Gasteiger partial charge is 0.379 e. The Morgan fingerprint density at radius 1 is 1.00 bits per heavy atom. The highest BCUT2D eigenvalue weighted by molar-refractivity contribution is 7.90. The van der Waals surface area contributed by atoms with E-state index in [0.29, 0.717) is 5.75 Å². The quantitative estimate of drug-likeness (QED) is 0.806. The van der Waals surface area contributed by atoms with Gasteiger partial charge >= 0.3 is 10.1 Å². The molecule has 3 nitrogen and oxygen atoms in total. The molecule has 0 aliphatic rings. The Morgan fingerprint density at radius 2 is 1.70 bits per heavy atom. The first kappa shape index (κ1) is 14.3. The molecule has 0 spiro atoms. The molecule has 2 aromatic rings. The van der Waals surface area contributed by atoms with E-state index in [1.807, 2.05) is 56.3 Å². The topological polar surface area (TPSA) is 43.4 Å². The van der Waals surface area contributed by atoms with E-state index in [1.54, 1.807) is 6.07 Å². The van der Waals surface area contributed by atoms with Crippen molar-refractivity contribution < 1.29 is 12.6 Å². The normalized spacial score (nSPS) is 11.7. The summed E-state index contributed by atoms with van der Waals surface area (Å²) in [6, 6.07) is 14.7. The molecule has 0 N–H and O–H groups in total. The van der Waals surface area contributed by atoms with Gasteiger partial charge in [-0.05, 0) is 42.7 Å². The molecule has 0 radical (unpaired) electrons. The molecule has 0 saturated carbocycles. The zero-order valence-electron chi connectivity index (χ0n) is 11.4. The van der Waals surface area contributed by atoms with Gasteiger partial charge in [0.25, 0.3) is 0 Å². The molecule has 0 saturated heterocycles. The average Bonchev–Trinajstić information content (AvgIpc) is 2.42. The minimum atomic E-state index is -3.75. The lowest BCUT2D eigenvalue weighted by Crippen LogP contribution is -2.06. The molecule has 0 aromatic heterocycles. The maximum absolute atomic E-state index is 11.9. The predicted molar refractivity (Wildman–Crippen MR) is 80.9 cm³/mol. The molecule has 0 aliphatic heterocycles. The van der Waals surface area contributed by atoms with Crippen LogP contribution in [-0.2, 0) is 10.1 Å². The van der Waals surface area contributed by atoms with Crippen LogP contribution >= 0.6 is 0 Å². The molecule has 2 rings (SSSR count). The lowest BCUT2D eigenvalue weighted by Gasteiger charge is -2.07. The van der Waals surface area contributed by atoms with Crippen LogP contribution < -0.4 is 4.18 Å². The second-order valence-corrected chi connectivity index (χ2v) is 5.98. The van der Waals surface area contributed by atoms with Gasteiger partial charge < -0.3 is 4.18 Å². The third-order valence-corrected chi connectivity index (χ3v) is 3.66. The maximum atomic E-state index is 11.9. The highest BCUT2D eigenvalue weighted by atomic mass is 32.2. The summed E-state index contributed by atoms with van der Waals surface area (Å²) in [5, 5.41) is 1.07. The van der Waals surface area contributed by atoms with Crippen LogP contribution in [0.15, 0.2) is 53.9 Å². The summed E-state index contributed by atoms with van der Waals surface area (Å²) in [5.41, 5.74) is 2.54. The fraction of sp³-hybridized carbons (Fsp3) is 0.125. The first-order chi connectivity index (χ1) is 9.46. The summed E-state index contributed by atoms with van der Waals surface area (Å²) in [6.45, 7) is 3.70. The number of aryl methyl sites for hydroxylation is 2. The van der Waals surface area contributed by atoms with Gasteiger partial charge in [-0.1, -0.05) is 42.5 Å². The summed E-state index contributed by atoms with van der Waals surface area (Å²) in [7, 11) is -3.75. The minimum absolute atomic E-state index is 0.364. The van der Waals surface area contributed by atoms with Crippen LogP contribution in [-0.4, -0.2) is 8.42 Å². The number of rotatable bonds is 4. The molecule has 0 amide bonds. The van der Waals surface area contributed by atoms with Crippen molar-refractivity contribution in [1.29, 1.82) is 0 Å². The molecule has 4 heteroatoms. The van der Waals surface area contributed by atoms with Crippen LogP contribution in [0.2, 0.25) is 0 Å². The van der Waals surface area contributed by atoms with Gasteiger partial charge in [-0.25, -0.2) is 0 Å². The number of hydrogen-bond acceptors (Lipinski definition) is 3. The Bertz CT molecular complexity index is 717. The zero-order chi connectivity index (χ0) is 14.6. The molecule has 0 fully saturated rings.